The summed E-state index contributed by atoms with van der Waals surface area (Å²) in [5, 5.41) is 4.07. The van der Waals surface area contributed by atoms with Crippen molar-refractivity contribution in [3.8, 4) is 5.69 Å². The molecule has 0 bridgehead atoms. The van der Waals surface area contributed by atoms with Crippen molar-refractivity contribution in [1.29, 1.82) is 0 Å². The van der Waals surface area contributed by atoms with E-state index in [4.69, 9.17) is 4.98 Å². The number of para-hydroxylation sites is 1. The van der Waals surface area contributed by atoms with Crippen LogP contribution in [0.1, 0.15) is 41.1 Å². The SMILES string of the molecule is CC(=O)c1ccc(NC(=O)CSc2nc3sc4c(c3c(=O)n2-c2ccccc2)CC[C@H](C)C4)cc1. The summed E-state index contributed by atoms with van der Waals surface area (Å²) in [5.74, 6) is 0.470. The van der Waals surface area contributed by atoms with Crippen LogP contribution in [0.25, 0.3) is 15.9 Å². The molecule has 2 heterocycles. The molecule has 5 rings (SSSR count). The van der Waals surface area contributed by atoms with Crippen LogP contribution in [0.3, 0.4) is 0 Å². The molecule has 35 heavy (non-hydrogen) atoms. The van der Waals surface area contributed by atoms with Crippen LogP contribution in [0.15, 0.2) is 64.5 Å². The second-order valence-electron chi connectivity index (χ2n) is 8.87. The first kappa shape index (κ1) is 23.5. The Bertz CT molecular complexity index is 1470. The molecule has 0 saturated carbocycles. The second-order valence-corrected chi connectivity index (χ2v) is 10.9. The summed E-state index contributed by atoms with van der Waals surface area (Å²) in [7, 11) is 0. The van der Waals surface area contributed by atoms with E-state index in [0.29, 0.717) is 22.3 Å². The molecule has 4 aromatic rings. The third kappa shape index (κ3) is 4.81. The van der Waals surface area contributed by atoms with Gasteiger partial charge in [0, 0.05) is 16.1 Å². The molecule has 0 radical (unpaired) electrons. The lowest BCUT2D eigenvalue weighted by molar-refractivity contribution is -0.113. The van der Waals surface area contributed by atoms with Crippen LogP contribution in [0.5, 0.6) is 0 Å². The van der Waals surface area contributed by atoms with E-state index in [0.717, 1.165) is 40.7 Å². The number of fused-ring (bicyclic) bond motifs is 3. The molecule has 1 atom stereocenters. The number of carbonyl (C=O) groups is 2. The number of aromatic nitrogens is 2. The minimum absolute atomic E-state index is 0.0245. The van der Waals surface area contributed by atoms with E-state index in [1.54, 1.807) is 40.2 Å². The van der Waals surface area contributed by atoms with Crippen LogP contribution in [-0.2, 0) is 17.6 Å². The Labute approximate surface area is 211 Å². The summed E-state index contributed by atoms with van der Waals surface area (Å²) >= 11 is 2.86. The van der Waals surface area contributed by atoms with E-state index < -0.39 is 0 Å². The Morgan fingerprint density at radius 2 is 1.89 bits per heavy atom. The van der Waals surface area contributed by atoms with Crippen LogP contribution >= 0.6 is 23.1 Å². The smallest absolute Gasteiger partial charge is 0.267 e. The summed E-state index contributed by atoms with van der Waals surface area (Å²) in [6.07, 6.45) is 2.96. The molecule has 1 amide bonds. The second kappa shape index (κ2) is 9.79. The van der Waals surface area contributed by atoms with Crippen LogP contribution in [0.4, 0.5) is 5.69 Å². The van der Waals surface area contributed by atoms with Crippen molar-refractivity contribution in [2.24, 2.45) is 5.92 Å². The lowest BCUT2D eigenvalue weighted by atomic mass is 9.89. The molecule has 1 aliphatic carbocycles. The van der Waals surface area contributed by atoms with Crippen molar-refractivity contribution < 1.29 is 9.59 Å². The van der Waals surface area contributed by atoms with E-state index in [2.05, 4.69) is 12.2 Å². The average Bonchev–Trinajstić information content (AvgIpc) is 3.21. The molecule has 0 fully saturated rings. The number of rotatable bonds is 6. The normalized spacial score (nSPS) is 15.1. The summed E-state index contributed by atoms with van der Waals surface area (Å²) in [6, 6.07) is 16.3. The van der Waals surface area contributed by atoms with Gasteiger partial charge in [0.05, 0.1) is 16.8 Å². The van der Waals surface area contributed by atoms with Gasteiger partial charge in [-0.3, -0.25) is 19.0 Å². The number of benzene rings is 2. The maximum atomic E-state index is 13.8. The number of hydrogen-bond donors (Lipinski definition) is 1. The Morgan fingerprint density at radius 1 is 1.14 bits per heavy atom. The number of nitrogens with one attached hydrogen (secondary N) is 1. The molecule has 1 aliphatic rings. The topological polar surface area (TPSA) is 81.1 Å². The first-order valence-corrected chi connectivity index (χ1v) is 13.4. The van der Waals surface area contributed by atoms with Gasteiger partial charge in [-0.2, -0.15) is 0 Å². The van der Waals surface area contributed by atoms with Crippen LogP contribution < -0.4 is 10.9 Å². The molecule has 0 unspecified atom stereocenters. The molecular weight excluding hydrogens is 478 g/mol. The van der Waals surface area contributed by atoms with Gasteiger partial charge in [-0.1, -0.05) is 36.9 Å². The lowest BCUT2D eigenvalue weighted by Crippen LogP contribution is -2.23. The van der Waals surface area contributed by atoms with Gasteiger partial charge in [-0.25, -0.2) is 4.98 Å². The maximum absolute atomic E-state index is 13.8. The Hall–Kier alpha value is -3.23. The highest BCUT2D eigenvalue weighted by Gasteiger charge is 2.25. The van der Waals surface area contributed by atoms with Crippen LogP contribution in [-0.4, -0.2) is 27.0 Å². The quantitative estimate of drug-likeness (QED) is 0.213. The number of Topliss-reactive ketones (excluding diaryl/α,β-unsaturated/α-hetero) is 1. The van der Waals surface area contributed by atoms with Crippen molar-refractivity contribution >= 4 is 50.7 Å². The molecule has 1 N–H and O–H groups in total. The van der Waals surface area contributed by atoms with Gasteiger partial charge >= 0.3 is 0 Å². The Kier molecular flexibility index (Phi) is 6.58. The molecule has 2 aromatic carbocycles. The first-order chi connectivity index (χ1) is 16.9. The van der Waals surface area contributed by atoms with Gasteiger partial charge in [0.2, 0.25) is 5.91 Å². The standard InChI is InChI=1S/C27H25N3O3S2/c1-16-8-13-21-22(14-16)35-25-24(21)26(33)30(20-6-4-3-5-7-20)27(29-25)34-15-23(32)28-19-11-9-18(10-12-19)17(2)31/h3-7,9-12,16H,8,13-15H2,1-2H3,(H,28,32)/t16-/m0/s1. The third-order valence-corrected chi connectivity index (χ3v) is 8.31. The van der Waals surface area contributed by atoms with Gasteiger partial charge in [0.1, 0.15) is 4.83 Å². The molecule has 178 valence electrons. The van der Waals surface area contributed by atoms with E-state index >= 15 is 0 Å². The Morgan fingerprint density at radius 3 is 2.60 bits per heavy atom. The Balaban J connectivity index is 1.46. The van der Waals surface area contributed by atoms with E-state index in [1.165, 1.54) is 23.6 Å². The monoisotopic (exact) mass is 503 g/mol. The van der Waals surface area contributed by atoms with Gasteiger partial charge < -0.3 is 5.32 Å². The minimum atomic E-state index is -0.209. The maximum Gasteiger partial charge on any atom is 0.267 e. The van der Waals surface area contributed by atoms with E-state index in [1.807, 2.05) is 30.3 Å². The number of nitrogens with zero attached hydrogens (tertiary/aromatic N) is 2. The number of thioether (sulfide) groups is 1. The zero-order valence-corrected chi connectivity index (χ0v) is 21.2. The largest absolute Gasteiger partial charge is 0.325 e. The summed E-state index contributed by atoms with van der Waals surface area (Å²) < 4.78 is 1.63. The van der Waals surface area contributed by atoms with Crippen molar-refractivity contribution in [1.82, 2.24) is 9.55 Å². The number of aryl methyl sites for hydroxylation is 1. The number of hydrogen-bond acceptors (Lipinski definition) is 6. The molecule has 0 spiro atoms. The van der Waals surface area contributed by atoms with Crippen molar-refractivity contribution in [2.45, 2.75) is 38.3 Å². The molecule has 2 aromatic heterocycles. The average molecular weight is 504 g/mol. The number of thiophene rings is 1. The zero-order chi connectivity index (χ0) is 24.5. The fraction of sp³-hybridized carbons (Fsp3) is 0.259. The van der Waals surface area contributed by atoms with Gasteiger partial charge in [-0.05, 0) is 74.1 Å². The minimum Gasteiger partial charge on any atom is -0.325 e. The summed E-state index contributed by atoms with van der Waals surface area (Å²) in [5.41, 5.74) is 3.02. The van der Waals surface area contributed by atoms with Crippen molar-refractivity contribution in [2.75, 3.05) is 11.1 Å². The molecular formula is C27H25N3O3S2. The molecule has 0 aliphatic heterocycles. The predicted molar refractivity (Wildman–Crippen MR) is 142 cm³/mol. The highest BCUT2D eigenvalue weighted by atomic mass is 32.2. The molecule has 0 saturated heterocycles. The van der Waals surface area contributed by atoms with Crippen molar-refractivity contribution in [3.05, 3.63) is 81.0 Å². The lowest BCUT2D eigenvalue weighted by Gasteiger charge is -2.17. The van der Waals surface area contributed by atoms with Gasteiger partial charge in [-0.15, -0.1) is 11.3 Å². The highest BCUT2D eigenvalue weighted by Crippen LogP contribution is 2.37. The van der Waals surface area contributed by atoms with Gasteiger partial charge in [0.25, 0.3) is 5.56 Å². The van der Waals surface area contributed by atoms with Crippen LogP contribution in [0, 0.1) is 5.92 Å². The zero-order valence-electron chi connectivity index (χ0n) is 19.5. The van der Waals surface area contributed by atoms with Crippen LogP contribution in [0.2, 0.25) is 0 Å². The molecule has 8 heteroatoms. The fourth-order valence-electron chi connectivity index (χ4n) is 4.39. The summed E-state index contributed by atoms with van der Waals surface area (Å²) in [4.78, 5) is 44.8. The third-order valence-electron chi connectivity index (χ3n) is 6.22. The fourth-order valence-corrected chi connectivity index (χ4v) is 6.62. The number of carbonyl (C=O) groups excluding carboxylic acids is 2. The van der Waals surface area contributed by atoms with Gasteiger partial charge in [0.15, 0.2) is 10.9 Å². The number of anilines is 1. The first-order valence-electron chi connectivity index (χ1n) is 11.6. The summed E-state index contributed by atoms with van der Waals surface area (Å²) in [6.45, 7) is 3.75. The van der Waals surface area contributed by atoms with E-state index in [-0.39, 0.29) is 23.0 Å². The number of ketones is 1. The molecule has 6 nitrogen and oxygen atoms in total. The number of amides is 1. The van der Waals surface area contributed by atoms with Crippen molar-refractivity contribution in [3.63, 3.8) is 0 Å². The highest BCUT2D eigenvalue weighted by molar-refractivity contribution is 7.99. The van der Waals surface area contributed by atoms with E-state index in [9.17, 15) is 14.4 Å². The predicted octanol–water partition coefficient (Wildman–Crippen LogP) is 5.51.